The summed E-state index contributed by atoms with van der Waals surface area (Å²) in [5.74, 6) is 0. The Kier molecular flexibility index (Phi) is 6.00. The van der Waals surface area contributed by atoms with E-state index in [-0.39, 0.29) is 5.41 Å². The topological polar surface area (TPSA) is 0 Å². The zero-order valence-corrected chi connectivity index (χ0v) is 10.8. The molecule has 0 nitrogen and oxygen atoms in total. The van der Waals surface area contributed by atoms with Gasteiger partial charge in [0.15, 0.2) is 0 Å². The molecule has 0 aliphatic rings. The van der Waals surface area contributed by atoms with Gasteiger partial charge in [-0.1, -0.05) is 71.5 Å². The second kappa shape index (κ2) is 6.44. The highest BCUT2D eigenvalue weighted by Crippen LogP contribution is 2.29. The zero-order chi connectivity index (χ0) is 11.9. The first-order valence-electron chi connectivity index (χ1n) is 5.83. The molecule has 0 aliphatic heterocycles. The summed E-state index contributed by atoms with van der Waals surface area (Å²) in [5, 5.41) is 0. The second-order valence-electron chi connectivity index (χ2n) is 4.03. The summed E-state index contributed by atoms with van der Waals surface area (Å²) in [4.78, 5) is 0. The SMILES string of the molecule is C=Cc1ccccc1C(C)(C)CC.CC. The monoisotopic (exact) mass is 204 g/mol. The Bertz CT molecular complexity index is 295. The minimum atomic E-state index is 0.255. The van der Waals surface area contributed by atoms with Crippen LogP contribution in [0.25, 0.3) is 6.08 Å². The fourth-order valence-corrected chi connectivity index (χ4v) is 1.48. The molecule has 1 rings (SSSR count). The van der Waals surface area contributed by atoms with Crippen LogP contribution in [0.15, 0.2) is 30.8 Å². The molecule has 0 heteroatoms. The van der Waals surface area contributed by atoms with Crippen LogP contribution in [0.4, 0.5) is 0 Å². The molecule has 84 valence electrons. The lowest BCUT2D eigenvalue weighted by Gasteiger charge is -2.25. The van der Waals surface area contributed by atoms with Crippen LogP contribution in [0.2, 0.25) is 0 Å². The zero-order valence-electron chi connectivity index (χ0n) is 10.8. The minimum absolute atomic E-state index is 0.255. The largest absolute Gasteiger partial charge is 0.0985 e. The molecule has 0 heterocycles. The Morgan fingerprint density at radius 1 is 1.20 bits per heavy atom. The summed E-state index contributed by atoms with van der Waals surface area (Å²) in [7, 11) is 0. The lowest BCUT2D eigenvalue weighted by Crippen LogP contribution is -2.16. The minimum Gasteiger partial charge on any atom is -0.0985 e. The van der Waals surface area contributed by atoms with Crippen LogP contribution in [0, 0.1) is 0 Å². The maximum absolute atomic E-state index is 3.84. The van der Waals surface area contributed by atoms with Crippen molar-refractivity contribution in [1.29, 1.82) is 0 Å². The first kappa shape index (κ1) is 14.0. The molecule has 15 heavy (non-hydrogen) atoms. The molecular weight excluding hydrogens is 180 g/mol. The molecule has 0 N–H and O–H groups in total. The maximum Gasteiger partial charge on any atom is -0.0100 e. The predicted molar refractivity (Wildman–Crippen MR) is 71.2 cm³/mol. The van der Waals surface area contributed by atoms with E-state index in [1.807, 2.05) is 19.9 Å². The molecule has 0 radical (unpaired) electrons. The number of benzene rings is 1. The number of rotatable bonds is 3. The standard InChI is InChI=1S/C13H18.C2H6/c1-5-11-9-7-8-10-12(11)13(3,4)6-2;1-2/h5,7-10H,1,6H2,2-4H3;1-2H3. The summed E-state index contributed by atoms with van der Waals surface area (Å²) in [6.07, 6.45) is 3.09. The van der Waals surface area contributed by atoms with Gasteiger partial charge in [-0.25, -0.2) is 0 Å². The van der Waals surface area contributed by atoms with Gasteiger partial charge in [0.25, 0.3) is 0 Å². The smallest absolute Gasteiger partial charge is 0.0100 e. The molecule has 0 atom stereocenters. The quantitative estimate of drug-likeness (QED) is 0.646. The van der Waals surface area contributed by atoms with Crippen LogP contribution < -0.4 is 0 Å². The van der Waals surface area contributed by atoms with Crippen molar-refractivity contribution in [2.75, 3.05) is 0 Å². The van der Waals surface area contributed by atoms with E-state index in [1.165, 1.54) is 11.1 Å². The molecule has 0 aromatic heterocycles. The highest BCUT2D eigenvalue weighted by molar-refractivity contribution is 5.53. The van der Waals surface area contributed by atoms with E-state index in [1.54, 1.807) is 0 Å². The van der Waals surface area contributed by atoms with Crippen LogP contribution in [0.5, 0.6) is 0 Å². The van der Waals surface area contributed by atoms with Crippen molar-refractivity contribution in [1.82, 2.24) is 0 Å². The Morgan fingerprint density at radius 2 is 1.73 bits per heavy atom. The fraction of sp³-hybridized carbons (Fsp3) is 0.467. The highest BCUT2D eigenvalue weighted by atomic mass is 14.2. The number of hydrogen-bond acceptors (Lipinski definition) is 0. The summed E-state index contributed by atoms with van der Waals surface area (Å²) in [5.41, 5.74) is 2.91. The van der Waals surface area contributed by atoms with Crippen LogP contribution in [-0.4, -0.2) is 0 Å². The van der Waals surface area contributed by atoms with E-state index in [0.717, 1.165) is 6.42 Å². The van der Waals surface area contributed by atoms with E-state index >= 15 is 0 Å². The first-order valence-corrected chi connectivity index (χ1v) is 5.83. The van der Waals surface area contributed by atoms with Crippen LogP contribution >= 0.6 is 0 Å². The van der Waals surface area contributed by atoms with E-state index in [2.05, 4.69) is 51.6 Å². The van der Waals surface area contributed by atoms with Crippen LogP contribution in [-0.2, 0) is 5.41 Å². The van der Waals surface area contributed by atoms with Crippen molar-refractivity contribution in [3.8, 4) is 0 Å². The summed E-state index contributed by atoms with van der Waals surface area (Å²) >= 11 is 0. The van der Waals surface area contributed by atoms with Gasteiger partial charge >= 0.3 is 0 Å². The molecule has 0 aliphatic carbocycles. The fourth-order valence-electron chi connectivity index (χ4n) is 1.48. The summed E-state index contributed by atoms with van der Waals surface area (Å²) in [6, 6.07) is 8.48. The van der Waals surface area contributed by atoms with Crippen LogP contribution in [0.3, 0.4) is 0 Å². The molecule has 0 fully saturated rings. The molecule has 0 unspecified atom stereocenters. The van der Waals surface area contributed by atoms with Crippen molar-refractivity contribution in [3.63, 3.8) is 0 Å². The van der Waals surface area contributed by atoms with Gasteiger partial charge in [-0.2, -0.15) is 0 Å². The molecule has 0 saturated heterocycles. The van der Waals surface area contributed by atoms with Gasteiger partial charge in [0.2, 0.25) is 0 Å². The normalized spacial score (nSPS) is 10.2. The third-order valence-electron chi connectivity index (χ3n) is 2.79. The average molecular weight is 204 g/mol. The highest BCUT2D eigenvalue weighted by Gasteiger charge is 2.19. The predicted octanol–water partition coefficient (Wildman–Crippen LogP) is 5.04. The van der Waals surface area contributed by atoms with Gasteiger partial charge in [0.1, 0.15) is 0 Å². The third-order valence-corrected chi connectivity index (χ3v) is 2.79. The third kappa shape index (κ3) is 3.54. The van der Waals surface area contributed by atoms with Crippen molar-refractivity contribution in [2.45, 2.75) is 46.5 Å². The van der Waals surface area contributed by atoms with Gasteiger partial charge in [0.05, 0.1) is 0 Å². The van der Waals surface area contributed by atoms with E-state index in [0.29, 0.717) is 0 Å². The molecule has 0 saturated carbocycles. The number of hydrogen-bond donors (Lipinski definition) is 0. The van der Waals surface area contributed by atoms with E-state index in [9.17, 15) is 0 Å². The van der Waals surface area contributed by atoms with Gasteiger partial charge in [-0.15, -0.1) is 0 Å². The van der Waals surface area contributed by atoms with Crippen molar-refractivity contribution >= 4 is 6.08 Å². The average Bonchev–Trinajstić information content (AvgIpc) is 2.31. The first-order chi connectivity index (χ1) is 7.11. The molecule has 1 aromatic rings. The van der Waals surface area contributed by atoms with Crippen molar-refractivity contribution in [3.05, 3.63) is 42.0 Å². The molecule has 0 amide bonds. The van der Waals surface area contributed by atoms with Crippen molar-refractivity contribution in [2.24, 2.45) is 0 Å². The molecule has 0 spiro atoms. The van der Waals surface area contributed by atoms with Crippen molar-refractivity contribution < 1.29 is 0 Å². The Hall–Kier alpha value is -1.04. The second-order valence-corrected chi connectivity index (χ2v) is 4.03. The lowest BCUT2D eigenvalue weighted by molar-refractivity contribution is 0.505. The van der Waals surface area contributed by atoms with Gasteiger partial charge in [0, 0.05) is 0 Å². The maximum atomic E-state index is 3.84. The molecular formula is C15H24. The summed E-state index contributed by atoms with van der Waals surface area (Å²) < 4.78 is 0. The lowest BCUT2D eigenvalue weighted by atomic mass is 9.80. The Balaban J connectivity index is 0.000000921. The Labute approximate surface area is 95.0 Å². The molecule has 1 aromatic carbocycles. The van der Waals surface area contributed by atoms with Gasteiger partial charge in [-0.05, 0) is 23.0 Å². The van der Waals surface area contributed by atoms with E-state index in [4.69, 9.17) is 0 Å². The summed E-state index contributed by atoms with van der Waals surface area (Å²) in [6.45, 7) is 14.6. The molecule has 0 bridgehead atoms. The van der Waals surface area contributed by atoms with Gasteiger partial charge in [-0.3, -0.25) is 0 Å². The van der Waals surface area contributed by atoms with E-state index < -0.39 is 0 Å². The van der Waals surface area contributed by atoms with Crippen LogP contribution in [0.1, 0.15) is 52.2 Å². The van der Waals surface area contributed by atoms with Gasteiger partial charge < -0.3 is 0 Å². The Morgan fingerprint density at radius 3 is 2.20 bits per heavy atom.